The lowest BCUT2D eigenvalue weighted by Gasteiger charge is -2.27. The molecule has 1 aliphatic carbocycles. The standard InChI is InChI=1S/C26H31N5O2/c1-2-13-31-23-12-11-20(16-22(23)25(28-31)26(32)30-14-7-4-8-15-30)27-18-21-17-24(33-29-21)19-9-5-3-6-10-19/h2-3,5-6,9-10,17,20,27H,1,4,7-8,11-16,18H2. The number of piperidine rings is 1. The lowest BCUT2D eigenvalue weighted by atomic mass is 9.90. The zero-order valence-corrected chi connectivity index (χ0v) is 19.0. The molecule has 2 aliphatic rings. The second-order valence-corrected chi connectivity index (χ2v) is 8.97. The monoisotopic (exact) mass is 445 g/mol. The second-order valence-electron chi connectivity index (χ2n) is 8.97. The van der Waals surface area contributed by atoms with Crippen LogP contribution in [0.3, 0.4) is 0 Å². The van der Waals surface area contributed by atoms with E-state index >= 15 is 0 Å². The van der Waals surface area contributed by atoms with Crippen molar-refractivity contribution in [1.29, 1.82) is 0 Å². The van der Waals surface area contributed by atoms with Crippen LogP contribution in [0, 0.1) is 0 Å². The summed E-state index contributed by atoms with van der Waals surface area (Å²) < 4.78 is 7.50. The van der Waals surface area contributed by atoms with Gasteiger partial charge in [-0.1, -0.05) is 41.6 Å². The van der Waals surface area contributed by atoms with E-state index in [2.05, 4.69) is 17.1 Å². The molecule has 7 nitrogen and oxygen atoms in total. The molecular formula is C26H31N5O2. The molecule has 1 saturated heterocycles. The fraction of sp³-hybridized carbons (Fsp3) is 0.423. The average Bonchev–Trinajstić information content (AvgIpc) is 3.49. The third-order valence-electron chi connectivity index (χ3n) is 6.68. The molecular weight excluding hydrogens is 414 g/mol. The number of nitrogens with one attached hydrogen (secondary N) is 1. The van der Waals surface area contributed by atoms with Crippen LogP contribution in [0.4, 0.5) is 0 Å². The van der Waals surface area contributed by atoms with Crippen LogP contribution in [0.5, 0.6) is 0 Å². The molecule has 33 heavy (non-hydrogen) atoms. The minimum absolute atomic E-state index is 0.0819. The van der Waals surface area contributed by atoms with Gasteiger partial charge in [0.25, 0.3) is 5.91 Å². The Kier molecular flexibility index (Phi) is 6.39. The van der Waals surface area contributed by atoms with Crippen LogP contribution < -0.4 is 5.32 Å². The maximum atomic E-state index is 13.3. The molecule has 3 heterocycles. The van der Waals surface area contributed by atoms with Gasteiger partial charge in [-0.2, -0.15) is 5.10 Å². The maximum Gasteiger partial charge on any atom is 0.274 e. The van der Waals surface area contributed by atoms with Crippen LogP contribution in [0.25, 0.3) is 11.3 Å². The van der Waals surface area contributed by atoms with E-state index < -0.39 is 0 Å². The predicted octanol–water partition coefficient (Wildman–Crippen LogP) is 4.00. The Morgan fingerprint density at radius 3 is 2.82 bits per heavy atom. The van der Waals surface area contributed by atoms with E-state index in [1.807, 2.05) is 52.1 Å². The largest absolute Gasteiger partial charge is 0.356 e. The molecule has 1 amide bonds. The molecule has 0 spiro atoms. The minimum atomic E-state index is 0.0819. The van der Waals surface area contributed by atoms with Gasteiger partial charge in [0.15, 0.2) is 11.5 Å². The summed E-state index contributed by atoms with van der Waals surface area (Å²) in [4.78, 5) is 15.3. The number of rotatable bonds is 7. The summed E-state index contributed by atoms with van der Waals surface area (Å²) in [7, 11) is 0. The summed E-state index contributed by atoms with van der Waals surface area (Å²) in [5.74, 6) is 0.858. The van der Waals surface area contributed by atoms with Crippen molar-refractivity contribution in [3.05, 3.63) is 71.7 Å². The fourth-order valence-electron chi connectivity index (χ4n) is 4.94. The number of allylic oxidation sites excluding steroid dienone is 1. The number of hydrogen-bond acceptors (Lipinski definition) is 5. The van der Waals surface area contributed by atoms with Gasteiger partial charge in [-0.05, 0) is 38.5 Å². The Labute approximate surface area is 194 Å². The molecule has 1 atom stereocenters. The van der Waals surface area contributed by atoms with E-state index in [9.17, 15) is 4.79 Å². The van der Waals surface area contributed by atoms with Crippen molar-refractivity contribution < 1.29 is 9.32 Å². The highest BCUT2D eigenvalue weighted by atomic mass is 16.5. The molecule has 2 aromatic heterocycles. The number of fused-ring (bicyclic) bond motifs is 1. The first-order valence-electron chi connectivity index (χ1n) is 12.0. The third kappa shape index (κ3) is 4.64. The number of carbonyl (C=O) groups excluding carboxylic acids is 1. The smallest absolute Gasteiger partial charge is 0.274 e. The Hall–Kier alpha value is -3.19. The van der Waals surface area contributed by atoms with Gasteiger partial charge in [0, 0.05) is 48.6 Å². The van der Waals surface area contributed by atoms with E-state index in [-0.39, 0.29) is 11.9 Å². The number of carbonyl (C=O) groups is 1. The highest BCUT2D eigenvalue weighted by Gasteiger charge is 2.31. The van der Waals surface area contributed by atoms with Gasteiger partial charge < -0.3 is 14.7 Å². The number of hydrogen-bond donors (Lipinski definition) is 1. The van der Waals surface area contributed by atoms with Crippen molar-refractivity contribution in [3.8, 4) is 11.3 Å². The van der Waals surface area contributed by atoms with Gasteiger partial charge in [0.05, 0.1) is 12.2 Å². The van der Waals surface area contributed by atoms with Crippen molar-refractivity contribution in [3.63, 3.8) is 0 Å². The van der Waals surface area contributed by atoms with Crippen LogP contribution in [0.2, 0.25) is 0 Å². The number of nitrogens with zero attached hydrogens (tertiary/aromatic N) is 4. The van der Waals surface area contributed by atoms with Gasteiger partial charge >= 0.3 is 0 Å². The summed E-state index contributed by atoms with van der Waals surface area (Å²) in [6.07, 6.45) is 7.90. The van der Waals surface area contributed by atoms with Crippen LogP contribution in [0.1, 0.15) is 53.1 Å². The summed E-state index contributed by atoms with van der Waals surface area (Å²) in [6, 6.07) is 12.3. The lowest BCUT2D eigenvalue weighted by Crippen LogP contribution is -2.38. The molecule has 0 radical (unpaired) electrons. The Balaban J connectivity index is 1.29. The molecule has 1 aliphatic heterocycles. The molecule has 1 aromatic carbocycles. The normalized spacial score (nSPS) is 18.2. The summed E-state index contributed by atoms with van der Waals surface area (Å²) >= 11 is 0. The van der Waals surface area contributed by atoms with Crippen molar-refractivity contribution >= 4 is 5.91 Å². The molecule has 1 N–H and O–H groups in total. The number of aromatic nitrogens is 3. The summed E-state index contributed by atoms with van der Waals surface area (Å²) in [6.45, 7) is 6.80. The number of amides is 1. The van der Waals surface area contributed by atoms with Gasteiger partial charge in [-0.3, -0.25) is 9.48 Å². The SMILES string of the molecule is C=CCn1nc(C(=O)N2CCCCC2)c2c1CCC(NCc1cc(-c3ccccc3)on1)C2. The third-order valence-corrected chi connectivity index (χ3v) is 6.68. The van der Waals surface area contributed by atoms with Gasteiger partial charge in [0.1, 0.15) is 0 Å². The zero-order valence-electron chi connectivity index (χ0n) is 19.0. The fourth-order valence-corrected chi connectivity index (χ4v) is 4.94. The van der Waals surface area contributed by atoms with Gasteiger partial charge in [-0.15, -0.1) is 6.58 Å². The molecule has 0 saturated carbocycles. The molecule has 1 unspecified atom stereocenters. The maximum absolute atomic E-state index is 13.3. The van der Waals surface area contributed by atoms with Crippen molar-refractivity contribution in [1.82, 2.24) is 25.2 Å². The van der Waals surface area contributed by atoms with E-state index in [1.165, 1.54) is 12.1 Å². The van der Waals surface area contributed by atoms with Crippen LogP contribution in [-0.4, -0.2) is 44.9 Å². The minimum Gasteiger partial charge on any atom is -0.356 e. The molecule has 172 valence electrons. The Bertz CT molecular complexity index is 1110. The Morgan fingerprint density at radius 2 is 2.03 bits per heavy atom. The first-order chi connectivity index (χ1) is 16.2. The van der Waals surface area contributed by atoms with Crippen LogP contribution >= 0.6 is 0 Å². The highest BCUT2D eigenvalue weighted by molar-refractivity contribution is 5.94. The lowest BCUT2D eigenvalue weighted by molar-refractivity contribution is 0.0716. The number of benzene rings is 1. The quantitative estimate of drug-likeness (QED) is 0.557. The summed E-state index contributed by atoms with van der Waals surface area (Å²) in [5, 5.41) is 12.6. The predicted molar refractivity (Wildman–Crippen MR) is 127 cm³/mol. The van der Waals surface area contributed by atoms with Crippen molar-refractivity contribution in [2.75, 3.05) is 13.1 Å². The average molecular weight is 446 g/mol. The first-order valence-corrected chi connectivity index (χ1v) is 12.0. The molecule has 5 rings (SSSR count). The molecule has 0 bridgehead atoms. The number of likely N-dealkylation sites (tertiary alicyclic amines) is 1. The summed E-state index contributed by atoms with van der Waals surface area (Å²) in [5.41, 5.74) is 4.82. The Morgan fingerprint density at radius 1 is 1.21 bits per heavy atom. The molecule has 3 aromatic rings. The van der Waals surface area contributed by atoms with Gasteiger partial charge in [0.2, 0.25) is 0 Å². The van der Waals surface area contributed by atoms with Crippen LogP contribution in [0.15, 0.2) is 53.6 Å². The van der Waals surface area contributed by atoms with E-state index in [0.29, 0.717) is 18.8 Å². The molecule has 7 heteroatoms. The second kappa shape index (κ2) is 9.75. The first kappa shape index (κ1) is 21.6. The van der Waals surface area contributed by atoms with Gasteiger partial charge in [-0.25, -0.2) is 0 Å². The topological polar surface area (TPSA) is 76.2 Å². The van der Waals surface area contributed by atoms with Crippen LogP contribution in [-0.2, 0) is 25.9 Å². The molecule has 1 fully saturated rings. The van der Waals surface area contributed by atoms with E-state index in [4.69, 9.17) is 9.62 Å². The zero-order chi connectivity index (χ0) is 22.6. The van der Waals surface area contributed by atoms with Crippen molar-refractivity contribution in [2.45, 2.75) is 57.7 Å². The highest BCUT2D eigenvalue weighted by Crippen LogP contribution is 2.27. The van der Waals surface area contributed by atoms with E-state index in [1.54, 1.807) is 0 Å². The van der Waals surface area contributed by atoms with E-state index in [0.717, 1.165) is 67.8 Å². The van der Waals surface area contributed by atoms with Crippen molar-refractivity contribution in [2.24, 2.45) is 0 Å².